The Morgan fingerprint density at radius 1 is 1.56 bits per heavy atom. The summed E-state index contributed by atoms with van der Waals surface area (Å²) in [6.07, 6.45) is 0.675. The molecule has 7 nitrogen and oxygen atoms in total. The highest BCUT2D eigenvalue weighted by atomic mass is 16.5. The van der Waals surface area contributed by atoms with Crippen LogP contribution in [-0.2, 0) is 16.1 Å². The third-order valence-corrected chi connectivity index (χ3v) is 2.06. The molecule has 0 unspecified atom stereocenters. The first-order valence-corrected chi connectivity index (χ1v) is 5.69. The number of carbonyl (C=O) groups excluding carboxylic acids is 1. The lowest BCUT2D eigenvalue weighted by Crippen LogP contribution is -2.25. The molecule has 0 aliphatic rings. The molecule has 0 spiro atoms. The number of hydrogen-bond donors (Lipinski definition) is 2. The zero-order valence-corrected chi connectivity index (χ0v) is 10.3. The minimum absolute atomic E-state index is 0.00751. The molecule has 0 aromatic carbocycles. The van der Waals surface area contributed by atoms with Gasteiger partial charge in [0.1, 0.15) is 6.61 Å². The van der Waals surface area contributed by atoms with Crippen LogP contribution in [0.3, 0.4) is 0 Å². The summed E-state index contributed by atoms with van der Waals surface area (Å²) in [5, 5.41) is 14.8. The first kappa shape index (κ1) is 14.6. The fourth-order valence-corrected chi connectivity index (χ4v) is 1.26. The number of rotatable bonds is 9. The molecule has 0 aliphatic heterocycles. The summed E-state index contributed by atoms with van der Waals surface area (Å²) in [6.45, 7) is 1.59. The van der Waals surface area contributed by atoms with E-state index < -0.39 is 0 Å². The van der Waals surface area contributed by atoms with Crippen molar-refractivity contribution in [2.24, 2.45) is 0 Å². The Morgan fingerprint density at radius 3 is 3.11 bits per heavy atom. The molecule has 0 radical (unpaired) electrons. The van der Waals surface area contributed by atoms with E-state index in [-0.39, 0.29) is 24.8 Å². The van der Waals surface area contributed by atoms with Crippen molar-refractivity contribution in [3.05, 3.63) is 17.5 Å². The van der Waals surface area contributed by atoms with E-state index in [1.807, 2.05) is 0 Å². The Morgan fingerprint density at radius 2 is 2.39 bits per heavy atom. The smallest absolute Gasteiger partial charge is 0.273 e. The summed E-state index contributed by atoms with van der Waals surface area (Å²) in [6, 6.07) is 1.54. The van der Waals surface area contributed by atoms with Gasteiger partial charge in [0.2, 0.25) is 0 Å². The van der Waals surface area contributed by atoms with Gasteiger partial charge in [-0.3, -0.25) is 4.79 Å². The molecule has 1 rings (SSSR count). The normalized spacial score (nSPS) is 10.6. The van der Waals surface area contributed by atoms with Crippen LogP contribution in [0.15, 0.2) is 10.6 Å². The van der Waals surface area contributed by atoms with Gasteiger partial charge in [-0.15, -0.1) is 0 Å². The molecule has 1 aromatic rings. The lowest BCUT2D eigenvalue weighted by Gasteiger charge is -2.03. The van der Waals surface area contributed by atoms with E-state index in [9.17, 15) is 4.79 Å². The van der Waals surface area contributed by atoms with Crippen molar-refractivity contribution >= 4 is 5.91 Å². The van der Waals surface area contributed by atoms with Gasteiger partial charge in [-0.1, -0.05) is 5.16 Å². The lowest BCUT2D eigenvalue weighted by atomic mass is 10.3. The number of nitrogens with zero attached hydrogens (tertiary/aromatic N) is 1. The Hall–Kier alpha value is -1.44. The topological polar surface area (TPSA) is 93.8 Å². The molecule has 1 amide bonds. The van der Waals surface area contributed by atoms with Gasteiger partial charge in [-0.05, 0) is 6.42 Å². The SMILES string of the molecule is COCc1cc(C(=O)NCCCOCCO)no1. The largest absolute Gasteiger partial charge is 0.394 e. The quantitative estimate of drug-likeness (QED) is 0.603. The van der Waals surface area contributed by atoms with Crippen molar-refractivity contribution in [2.75, 3.05) is 33.5 Å². The van der Waals surface area contributed by atoms with Crippen LogP contribution in [0, 0.1) is 0 Å². The number of aliphatic hydroxyl groups excluding tert-OH is 1. The fourth-order valence-electron chi connectivity index (χ4n) is 1.26. The van der Waals surface area contributed by atoms with Crippen molar-refractivity contribution in [3.8, 4) is 0 Å². The summed E-state index contributed by atoms with van der Waals surface area (Å²) in [7, 11) is 1.54. The number of amides is 1. The number of ether oxygens (including phenoxy) is 2. The predicted octanol–water partition coefficient (Wildman–Crippen LogP) is -0.0502. The van der Waals surface area contributed by atoms with Crippen molar-refractivity contribution in [2.45, 2.75) is 13.0 Å². The van der Waals surface area contributed by atoms with Crippen LogP contribution in [0.5, 0.6) is 0 Å². The van der Waals surface area contributed by atoms with Gasteiger partial charge in [0.25, 0.3) is 5.91 Å². The Balaban J connectivity index is 2.19. The first-order valence-electron chi connectivity index (χ1n) is 5.69. The van der Waals surface area contributed by atoms with Crippen LogP contribution >= 0.6 is 0 Å². The highest BCUT2D eigenvalue weighted by Gasteiger charge is 2.11. The average Bonchev–Trinajstić information content (AvgIpc) is 2.82. The van der Waals surface area contributed by atoms with Gasteiger partial charge in [0.05, 0.1) is 13.2 Å². The number of aliphatic hydroxyl groups is 1. The Kier molecular flexibility index (Phi) is 7.00. The van der Waals surface area contributed by atoms with Crippen molar-refractivity contribution in [3.63, 3.8) is 0 Å². The van der Waals surface area contributed by atoms with Crippen molar-refractivity contribution in [1.82, 2.24) is 10.5 Å². The second-order valence-electron chi connectivity index (χ2n) is 3.56. The molecule has 0 saturated carbocycles. The second kappa shape index (κ2) is 8.62. The molecule has 0 bridgehead atoms. The Labute approximate surface area is 105 Å². The van der Waals surface area contributed by atoms with E-state index in [1.54, 1.807) is 6.07 Å². The van der Waals surface area contributed by atoms with E-state index in [0.29, 0.717) is 31.9 Å². The molecule has 0 aliphatic carbocycles. The molecule has 0 saturated heterocycles. The fraction of sp³-hybridized carbons (Fsp3) is 0.636. The lowest BCUT2D eigenvalue weighted by molar-refractivity contribution is 0.0864. The van der Waals surface area contributed by atoms with E-state index in [4.69, 9.17) is 19.1 Å². The minimum Gasteiger partial charge on any atom is -0.394 e. The van der Waals surface area contributed by atoms with Crippen LogP contribution in [0.1, 0.15) is 22.7 Å². The van der Waals surface area contributed by atoms with Gasteiger partial charge in [0.15, 0.2) is 11.5 Å². The molecule has 1 heterocycles. The first-order chi connectivity index (χ1) is 8.77. The molecular weight excluding hydrogens is 240 g/mol. The monoisotopic (exact) mass is 258 g/mol. The van der Waals surface area contributed by atoms with Crippen LogP contribution in [-0.4, -0.2) is 49.6 Å². The standard InChI is InChI=1S/C11H18N2O5/c1-16-8-9-7-10(13-18-9)11(15)12-3-2-5-17-6-4-14/h7,14H,2-6,8H2,1H3,(H,12,15). The molecule has 0 atom stereocenters. The Bertz CT molecular complexity index is 353. The molecule has 2 N–H and O–H groups in total. The van der Waals surface area contributed by atoms with Crippen LogP contribution in [0.2, 0.25) is 0 Å². The van der Waals surface area contributed by atoms with Crippen molar-refractivity contribution < 1.29 is 23.9 Å². The maximum absolute atomic E-state index is 11.6. The summed E-state index contributed by atoms with van der Waals surface area (Å²) in [5.41, 5.74) is 0.235. The molecule has 18 heavy (non-hydrogen) atoms. The van der Waals surface area contributed by atoms with Gasteiger partial charge in [0, 0.05) is 26.3 Å². The zero-order chi connectivity index (χ0) is 13.2. The van der Waals surface area contributed by atoms with E-state index >= 15 is 0 Å². The van der Waals surface area contributed by atoms with E-state index in [2.05, 4.69) is 10.5 Å². The molecule has 1 aromatic heterocycles. The second-order valence-corrected chi connectivity index (χ2v) is 3.56. The third-order valence-electron chi connectivity index (χ3n) is 2.06. The molecule has 102 valence electrons. The molecule has 0 fully saturated rings. The van der Waals surface area contributed by atoms with E-state index in [0.717, 1.165) is 0 Å². The van der Waals surface area contributed by atoms with Crippen LogP contribution in [0.4, 0.5) is 0 Å². The minimum atomic E-state index is -0.289. The third kappa shape index (κ3) is 5.26. The predicted molar refractivity (Wildman–Crippen MR) is 62.1 cm³/mol. The van der Waals surface area contributed by atoms with E-state index in [1.165, 1.54) is 7.11 Å². The summed E-state index contributed by atoms with van der Waals surface area (Å²) < 4.78 is 14.8. The number of methoxy groups -OCH3 is 1. The van der Waals surface area contributed by atoms with Gasteiger partial charge in [-0.25, -0.2) is 0 Å². The highest BCUT2D eigenvalue weighted by Crippen LogP contribution is 2.04. The maximum atomic E-state index is 11.6. The zero-order valence-electron chi connectivity index (χ0n) is 10.3. The van der Waals surface area contributed by atoms with Gasteiger partial charge >= 0.3 is 0 Å². The van der Waals surface area contributed by atoms with Gasteiger partial charge in [-0.2, -0.15) is 0 Å². The summed E-state index contributed by atoms with van der Waals surface area (Å²) >= 11 is 0. The summed E-state index contributed by atoms with van der Waals surface area (Å²) in [5.74, 6) is 0.220. The number of hydrogen-bond acceptors (Lipinski definition) is 6. The highest BCUT2D eigenvalue weighted by molar-refractivity contribution is 5.92. The van der Waals surface area contributed by atoms with Crippen LogP contribution in [0.25, 0.3) is 0 Å². The number of carbonyl (C=O) groups is 1. The number of nitrogens with one attached hydrogen (secondary N) is 1. The molecular formula is C11H18N2O5. The summed E-state index contributed by atoms with van der Waals surface area (Å²) in [4.78, 5) is 11.6. The van der Waals surface area contributed by atoms with Crippen LogP contribution < -0.4 is 5.32 Å². The van der Waals surface area contributed by atoms with Gasteiger partial charge < -0.3 is 24.4 Å². The van der Waals surface area contributed by atoms with Crippen molar-refractivity contribution in [1.29, 1.82) is 0 Å². The maximum Gasteiger partial charge on any atom is 0.273 e. The molecule has 7 heteroatoms. The number of aromatic nitrogens is 1. The average molecular weight is 258 g/mol.